The van der Waals surface area contributed by atoms with Gasteiger partial charge in [0.2, 0.25) is 5.82 Å². The number of piperidine rings is 1. The molecular weight excluding hydrogens is 212 g/mol. The molecule has 0 bridgehead atoms. The van der Waals surface area contributed by atoms with E-state index in [0.29, 0.717) is 0 Å². The normalized spacial score (nSPS) is 16.1. The van der Waals surface area contributed by atoms with Gasteiger partial charge in [0.1, 0.15) is 0 Å². The van der Waals surface area contributed by atoms with Crippen molar-refractivity contribution in [2.75, 3.05) is 18.0 Å². The summed E-state index contributed by atoms with van der Waals surface area (Å²) >= 11 is 0. The van der Waals surface area contributed by atoms with Crippen LogP contribution in [-0.4, -0.2) is 28.0 Å². The van der Waals surface area contributed by atoms with Gasteiger partial charge < -0.3 is 9.88 Å². The summed E-state index contributed by atoms with van der Waals surface area (Å²) in [6.45, 7) is 1.44. The zero-order chi connectivity index (χ0) is 11.5. The number of anilines is 1. The van der Waals surface area contributed by atoms with E-state index < -0.39 is 16.2 Å². The van der Waals surface area contributed by atoms with E-state index in [-0.39, 0.29) is 5.82 Å². The predicted octanol–water partition coefficient (Wildman–Crippen LogP) is 0.668. The molecule has 2 heterocycles. The third-order valence-electron chi connectivity index (χ3n) is 2.65. The SMILES string of the molecule is O=c1[nH]cnc(N2CCCCC2)c1[N+](=O)[O-]. The second kappa shape index (κ2) is 4.30. The number of H-pyrrole nitrogens is 1. The number of aromatic amines is 1. The number of nitrogens with one attached hydrogen (secondary N) is 1. The number of hydrogen-bond donors (Lipinski definition) is 1. The molecule has 0 unspecified atom stereocenters. The highest BCUT2D eigenvalue weighted by atomic mass is 16.6. The van der Waals surface area contributed by atoms with Crippen molar-refractivity contribution >= 4 is 11.5 Å². The van der Waals surface area contributed by atoms with Crippen molar-refractivity contribution in [1.82, 2.24) is 9.97 Å². The van der Waals surface area contributed by atoms with Gasteiger partial charge in [-0.3, -0.25) is 14.9 Å². The van der Waals surface area contributed by atoms with Crippen LogP contribution in [0.2, 0.25) is 0 Å². The molecule has 1 aliphatic rings. The summed E-state index contributed by atoms with van der Waals surface area (Å²) in [5.41, 5.74) is -1.15. The van der Waals surface area contributed by atoms with Gasteiger partial charge in [0, 0.05) is 13.1 Å². The van der Waals surface area contributed by atoms with Crippen LogP contribution in [0.4, 0.5) is 11.5 Å². The fraction of sp³-hybridized carbons (Fsp3) is 0.556. The van der Waals surface area contributed by atoms with Crippen LogP contribution < -0.4 is 10.5 Å². The van der Waals surface area contributed by atoms with E-state index >= 15 is 0 Å². The molecule has 0 atom stereocenters. The molecule has 1 saturated heterocycles. The molecule has 1 fully saturated rings. The molecule has 7 heteroatoms. The highest BCUT2D eigenvalue weighted by Gasteiger charge is 2.25. The average molecular weight is 224 g/mol. The summed E-state index contributed by atoms with van der Waals surface area (Å²) in [5, 5.41) is 10.8. The highest BCUT2D eigenvalue weighted by molar-refractivity contribution is 5.56. The first-order valence-electron chi connectivity index (χ1n) is 5.17. The molecule has 2 rings (SSSR count). The third-order valence-corrected chi connectivity index (χ3v) is 2.65. The van der Waals surface area contributed by atoms with Crippen LogP contribution in [0.3, 0.4) is 0 Å². The van der Waals surface area contributed by atoms with Crippen LogP contribution in [0.5, 0.6) is 0 Å². The van der Waals surface area contributed by atoms with Gasteiger partial charge in [-0.25, -0.2) is 4.98 Å². The molecule has 86 valence electrons. The Balaban J connectivity index is 2.42. The molecule has 16 heavy (non-hydrogen) atoms. The lowest BCUT2D eigenvalue weighted by molar-refractivity contribution is -0.385. The molecule has 7 nitrogen and oxygen atoms in total. The minimum atomic E-state index is -0.694. The minimum absolute atomic E-state index is 0.188. The molecule has 1 aliphatic heterocycles. The second-order valence-electron chi connectivity index (χ2n) is 3.71. The fourth-order valence-corrected chi connectivity index (χ4v) is 1.88. The standard InChI is InChI=1S/C9H12N4O3/c14-9-7(13(15)16)8(10-6-11-9)12-4-2-1-3-5-12/h6H,1-5H2,(H,10,11,14). The van der Waals surface area contributed by atoms with Crippen molar-refractivity contribution in [3.05, 3.63) is 26.8 Å². The Labute approximate surface area is 91.3 Å². The molecule has 0 aliphatic carbocycles. The molecule has 1 N–H and O–H groups in total. The first-order valence-corrected chi connectivity index (χ1v) is 5.17. The zero-order valence-corrected chi connectivity index (χ0v) is 8.68. The topological polar surface area (TPSA) is 92.1 Å². The number of hydrogen-bond acceptors (Lipinski definition) is 5. The third kappa shape index (κ3) is 1.88. The average Bonchev–Trinajstić information content (AvgIpc) is 2.29. The van der Waals surface area contributed by atoms with Gasteiger partial charge in [0.05, 0.1) is 11.3 Å². The maximum Gasteiger partial charge on any atom is 0.375 e. The highest BCUT2D eigenvalue weighted by Crippen LogP contribution is 2.23. The maximum absolute atomic E-state index is 11.4. The van der Waals surface area contributed by atoms with E-state index in [0.717, 1.165) is 32.4 Å². The van der Waals surface area contributed by atoms with Crippen molar-refractivity contribution < 1.29 is 4.92 Å². The van der Waals surface area contributed by atoms with Gasteiger partial charge in [0.15, 0.2) is 0 Å². The molecule has 0 amide bonds. The van der Waals surface area contributed by atoms with Gasteiger partial charge in [-0.1, -0.05) is 0 Å². The summed E-state index contributed by atoms with van der Waals surface area (Å²) in [7, 11) is 0. The van der Waals surface area contributed by atoms with Crippen LogP contribution in [0.25, 0.3) is 0 Å². The van der Waals surface area contributed by atoms with Crippen LogP contribution in [-0.2, 0) is 0 Å². The van der Waals surface area contributed by atoms with Gasteiger partial charge in [-0.2, -0.15) is 0 Å². The molecule has 0 radical (unpaired) electrons. The zero-order valence-electron chi connectivity index (χ0n) is 8.68. The number of nitro groups is 1. The van der Waals surface area contributed by atoms with Gasteiger partial charge in [-0.05, 0) is 19.3 Å². The number of nitrogens with zero attached hydrogens (tertiary/aromatic N) is 3. The smallest absolute Gasteiger partial charge is 0.351 e. The predicted molar refractivity (Wildman–Crippen MR) is 57.6 cm³/mol. The molecule has 0 aromatic carbocycles. The molecule has 0 saturated carbocycles. The minimum Gasteiger partial charge on any atom is -0.351 e. The van der Waals surface area contributed by atoms with E-state index in [1.807, 2.05) is 0 Å². The summed E-state index contributed by atoms with van der Waals surface area (Å²) in [5.74, 6) is 0.188. The Morgan fingerprint density at radius 1 is 1.38 bits per heavy atom. The Morgan fingerprint density at radius 3 is 2.69 bits per heavy atom. The second-order valence-corrected chi connectivity index (χ2v) is 3.71. The van der Waals surface area contributed by atoms with Crippen LogP contribution in [0, 0.1) is 10.1 Å². The Hall–Kier alpha value is -1.92. The van der Waals surface area contributed by atoms with Gasteiger partial charge in [0.25, 0.3) is 0 Å². The van der Waals surface area contributed by atoms with Gasteiger partial charge in [-0.15, -0.1) is 0 Å². The van der Waals surface area contributed by atoms with Crippen molar-refractivity contribution in [2.24, 2.45) is 0 Å². The molecule has 1 aromatic heterocycles. The van der Waals surface area contributed by atoms with E-state index in [4.69, 9.17) is 0 Å². The van der Waals surface area contributed by atoms with Crippen LogP contribution in [0.1, 0.15) is 19.3 Å². The quantitative estimate of drug-likeness (QED) is 0.588. The maximum atomic E-state index is 11.4. The Kier molecular flexibility index (Phi) is 2.84. The lowest BCUT2D eigenvalue weighted by Crippen LogP contribution is -2.32. The van der Waals surface area contributed by atoms with Crippen molar-refractivity contribution in [2.45, 2.75) is 19.3 Å². The lowest BCUT2D eigenvalue weighted by atomic mass is 10.1. The van der Waals surface area contributed by atoms with Crippen molar-refractivity contribution in [3.8, 4) is 0 Å². The fourth-order valence-electron chi connectivity index (χ4n) is 1.88. The summed E-state index contributed by atoms with van der Waals surface area (Å²) in [4.78, 5) is 29.4. The first-order chi connectivity index (χ1) is 7.70. The van der Waals surface area contributed by atoms with E-state index in [9.17, 15) is 14.9 Å². The van der Waals surface area contributed by atoms with Crippen molar-refractivity contribution in [3.63, 3.8) is 0 Å². The van der Waals surface area contributed by atoms with E-state index in [1.165, 1.54) is 6.33 Å². The number of aromatic nitrogens is 2. The largest absolute Gasteiger partial charge is 0.375 e. The van der Waals surface area contributed by atoms with Gasteiger partial charge >= 0.3 is 11.2 Å². The molecule has 1 aromatic rings. The summed E-state index contributed by atoms with van der Waals surface area (Å²) < 4.78 is 0. The van der Waals surface area contributed by atoms with E-state index in [2.05, 4.69) is 9.97 Å². The Bertz CT molecular complexity index is 450. The van der Waals surface area contributed by atoms with Crippen molar-refractivity contribution in [1.29, 1.82) is 0 Å². The summed E-state index contributed by atoms with van der Waals surface area (Å²) in [6.07, 6.45) is 4.28. The summed E-state index contributed by atoms with van der Waals surface area (Å²) in [6, 6.07) is 0. The van der Waals surface area contributed by atoms with Crippen LogP contribution >= 0.6 is 0 Å². The molecular formula is C9H12N4O3. The monoisotopic (exact) mass is 224 g/mol. The van der Waals surface area contributed by atoms with E-state index in [1.54, 1.807) is 4.90 Å². The Morgan fingerprint density at radius 2 is 2.06 bits per heavy atom. The molecule has 0 spiro atoms. The first kappa shape index (κ1) is 10.6. The number of rotatable bonds is 2. The van der Waals surface area contributed by atoms with Crippen LogP contribution in [0.15, 0.2) is 11.1 Å². The lowest BCUT2D eigenvalue weighted by Gasteiger charge is -2.26.